The van der Waals surface area contributed by atoms with E-state index in [9.17, 15) is 13.6 Å². The van der Waals surface area contributed by atoms with Crippen LogP contribution in [0.25, 0.3) is 33.9 Å². The molecule has 0 radical (unpaired) electrons. The lowest BCUT2D eigenvalue weighted by Crippen LogP contribution is -2.44. The molecule has 2 atom stereocenters. The Balaban J connectivity index is 1.20. The van der Waals surface area contributed by atoms with E-state index in [-0.39, 0.29) is 17.6 Å². The van der Waals surface area contributed by atoms with E-state index in [4.69, 9.17) is 4.74 Å². The van der Waals surface area contributed by atoms with Gasteiger partial charge in [-0.3, -0.25) is 13.9 Å². The third kappa shape index (κ3) is 4.59. The highest BCUT2D eigenvalue weighted by Gasteiger charge is 2.39. The van der Waals surface area contributed by atoms with E-state index < -0.39 is 17.7 Å². The molecule has 9 nitrogen and oxygen atoms in total. The van der Waals surface area contributed by atoms with Gasteiger partial charge in [-0.1, -0.05) is 24.3 Å². The Bertz CT molecular complexity index is 1850. The quantitative estimate of drug-likeness (QED) is 0.341. The van der Waals surface area contributed by atoms with Crippen LogP contribution in [-0.4, -0.2) is 61.9 Å². The third-order valence-corrected chi connectivity index (χ3v) is 8.07. The van der Waals surface area contributed by atoms with Crippen molar-refractivity contribution < 1.29 is 18.3 Å². The highest BCUT2D eigenvalue weighted by molar-refractivity contribution is 5.91. The van der Waals surface area contributed by atoms with Gasteiger partial charge in [-0.25, -0.2) is 18.7 Å². The minimum Gasteiger partial charge on any atom is -0.372 e. The molecule has 0 aliphatic carbocycles. The second kappa shape index (κ2) is 10.6. The number of fused-ring (bicyclic) bond motifs is 3. The minimum absolute atomic E-state index is 0.102. The predicted molar refractivity (Wildman–Crippen MR) is 155 cm³/mol. The fourth-order valence-electron chi connectivity index (χ4n) is 6.12. The van der Waals surface area contributed by atoms with Crippen LogP contribution in [0.1, 0.15) is 24.1 Å². The molecule has 11 heteroatoms. The second-order valence-corrected chi connectivity index (χ2v) is 10.7. The number of imidazole rings is 1. The predicted octanol–water partition coefficient (Wildman–Crippen LogP) is 4.30. The van der Waals surface area contributed by atoms with Crippen molar-refractivity contribution in [2.45, 2.75) is 31.4 Å². The van der Waals surface area contributed by atoms with Crippen LogP contribution in [0.5, 0.6) is 0 Å². The van der Waals surface area contributed by atoms with Gasteiger partial charge in [-0.15, -0.1) is 0 Å². The molecule has 1 N–H and O–H groups in total. The zero-order valence-electron chi connectivity index (χ0n) is 23.0. The van der Waals surface area contributed by atoms with Crippen molar-refractivity contribution in [2.24, 2.45) is 7.05 Å². The molecule has 214 valence electrons. The summed E-state index contributed by atoms with van der Waals surface area (Å²) in [7, 11) is 1.95. The third-order valence-electron chi connectivity index (χ3n) is 8.07. The number of amides is 1. The first kappa shape index (κ1) is 26.3. The zero-order chi connectivity index (χ0) is 28.8. The zero-order valence-corrected chi connectivity index (χ0v) is 23.0. The van der Waals surface area contributed by atoms with Crippen molar-refractivity contribution >= 4 is 34.2 Å². The Hall–Kier alpha value is -4.64. The van der Waals surface area contributed by atoms with Crippen LogP contribution < -0.4 is 10.2 Å². The molecule has 1 fully saturated rings. The van der Waals surface area contributed by atoms with Crippen molar-refractivity contribution in [3.63, 3.8) is 0 Å². The molecule has 2 aromatic carbocycles. The number of aromatic nitrogens is 5. The first-order valence-corrected chi connectivity index (χ1v) is 14.0. The molecule has 3 aromatic heterocycles. The SMILES string of the molecule is Cn1nc2cccc3c2c1CCCNC(=O)[C@@H]1C[C@@H](CN1c1nccn2c(-c4ccc(F)cc4F)ncc12)OC/C=C\3. The normalized spacial score (nSPS) is 20.5. The summed E-state index contributed by atoms with van der Waals surface area (Å²) in [5.74, 6) is -0.593. The van der Waals surface area contributed by atoms with E-state index in [2.05, 4.69) is 32.5 Å². The van der Waals surface area contributed by atoms with Gasteiger partial charge in [-0.2, -0.15) is 5.10 Å². The summed E-state index contributed by atoms with van der Waals surface area (Å²) in [4.78, 5) is 24.6. The molecular formula is C31H29F2N7O2. The lowest BCUT2D eigenvalue weighted by molar-refractivity contribution is -0.122. The van der Waals surface area contributed by atoms with Gasteiger partial charge in [0.25, 0.3) is 0 Å². The van der Waals surface area contributed by atoms with Gasteiger partial charge < -0.3 is 15.0 Å². The highest BCUT2D eigenvalue weighted by Crippen LogP contribution is 2.32. The molecule has 0 unspecified atom stereocenters. The number of aryl methyl sites for hydroxylation is 2. The highest BCUT2D eigenvalue weighted by atomic mass is 19.1. The number of carbonyl (C=O) groups excluding carboxylic acids is 1. The first-order valence-electron chi connectivity index (χ1n) is 14.0. The maximum Gasteiger partial charge on any atom is 0.242 e. The van der Waals surface area contributed by atoms with Crippen LogP contribution in [0.15, 0.2) is 61.1 Å². The lowest BCUT2D eigenvalue weighted by atomic mass is 10.0. The Labute approximate surface area is 240 Å². The van der Waals surface area contributed by atoms with Crippen molar-refractivity contribution in [1.29, 1.82) is 0 Å². The molecular weight excluding hydrogens is 540 g/mol. The van der Waals surface area contributed by atoms with E-state index in [1.54, 1.807) is 23.0 Å². The molecule has 0 spiro atoms. The fraction of sp³-hybridized carbons (Fsp3) is 0.290. The van der Waals surface area contributed by atoms with Crippen LogP contribution >= 0.6 is 0 Å². The molecule has 1 saturated heterocycles. The smallest absolute Gasteiger partial charge is 0.242 e. The van der Waals surface area contributed by atoms with Gasteiger partial charge in [0.15, 0.2) is 5.82 Å². The van der Waals surface area contributed by atoms with Crippen LogP contribution in [-0.2, 0) is 23.0 Å². The van der Waals surface area contributed by atoms with Gasteiger partial charge in [0.05, 0.1) is 30.0 Å². The fourth-order valence-corrected chi connectivity index (χ4v) is 6.12. The number of nitrogens with zero attached hydrogens (tertiary/aromatic N) is 6. The lowest BCUT2D eigenvalue weighted by Gasteiger charge is -2.25. The number of halogens is 2. The molecule has 2 aliphatic heterocycles. The molecule has 2 aliphatic rings. The van der Waals surface area contributed by atoms with Crippen LogP contribution in [0.3, 0.4) is 0 Å². The van der Waals surface area contributed by atoms with E-state index in [1.807, 2.05) is 34.8 Å². The van der Waals surface area contributed by atoms with Gasteiger partial charge in [0.1, 0.15) is 29.0 Å². The van der Waals surface area contributed by atoms with Gasteiger partial charge in [0.2, 0.25) is 5.91 Å². The van der Waals surface area contributed by atoms with E-state index in [0.29, 0.717) is 43.3 Å². The average Bonchev–Trinajstić information content (AvgIpc) is 3.68. The molecule has 5 aromatic rings. The van der Waals surface area contributed by atoms with Gasteiger partial charge in [0, 0.05) is 56.1 Å². The number of hydrogen-bond acceptors (Lipinski definition) is 6. The van der Waals surface area contributed by atoms with Crippen LogP contribution in [0.4, 0.5) is 14.6 Å². The van der Waals surface area contributed by atoms with Crippen molar-refractivity contribution in [3.8, 4) is 11.4 Å². The van der Waals surface area contributed by atoms with Crippen LogP contribution in [0, 0.1) is 11.6 Å². The number of rotatable bonds is 2. The maximum absolute atomic E-state index is 14.6. The average molecular weight is 570 g/mol. The number of hydrogen-bond donors (Lipinski definition) is 1. The summed E-state index contributed by atoms with van der Waals surface area (Å²) < 4.78 is 38.1. The van der Waals surface area contributed by atoms with Crippen molar-refractivity contribution in [3.05, 3.63) is 84.0 Å². The number of nitrogens with one attached hydrogen (secondary N) is 1. The summed E-state index contributed by atoms with van der Waals surface area (Å²) in [5.41, 5.74) is 3.95. The molecule has 0 saturated carbocycles. The monoisotopic (exact) mass is 569 g/mol. The summed E-state index contributed by atoms with van der Waals surface area (Å²) in [5, 5.41) is 8.93. The Kier molecular flexibility index (Phi) is 6.66. The molecule has 2 bridgehead atoms. The molecule has 5 heterocycles. The maximum atomic E-state index is 14.6. The molecule has 7 rings (SSSR count). The number of benzene rings is 2. The Morgan fingerprint density at radius 3 is 2.93 bits per heavy atom. The van der Waals surface area contributed by atoms with Gasteiger partial charge >= 0.3 is 0 Å². The molecule has 1 amide bonds. The Morgan fingerprint density at radius 1 is 1.14 bits per heavy atom. The summed E-state index contributed by atoms with van der Waals surface area (Å²) in [6.07, 6.45) is 10.8. The number of carbonyl (C=O) groups is 1. The van der Waals surface area contributed by atoms with Crippen molar-refractivity contribution in [1.82, 2.24) is 29.5 Å². The van der Waals surface area contributed by atoms with Crippen molar-refractivity contribution in [2.75, 3.05) is 24.6 Å². The first-order chi connectivity index (χ1) is 20.5. The number of anilines is 1. The standard InChI is InChI=1S/C31H29F2N7O2/c1-38-25-8-3-11-35-31(41)26-16-21(42-14-4-6-19-5-2-7-24(37-38)28(19)25)18-40(26)30-27-17-36-29(39(27)13-12-34-30)22-10-9-20(32)15-23(22)33/h2,4-7,9-10,12-13,15,17,21,26H,3,8,11,14,16,18H2,1H3,(H,35,41)/b6-4-/t21-,26-/m0/s1. The summed E-state index contributed by atoms with van der Waals surface area (Å²) in [6.45, 7) is 1.35. The minimum atomic E-state index is -0.705. The van der Waals surface area contributed by atoms with Gasteiger partial charge in [-0.05, 0) is 36.6 Å². The van der Waals surface area contributed by atoms with E-state index in [0.717, 1.165) is 41.1 Å². The summed E-state index contributed by atoms with van der Waals surface area (Å²) in [6, 6.07) is 9.01. The van der Waals surface area contributed by atoms with Crippen LogP contribution in [0.2, 0.25) is 0 Å². The topological polar surface area (TPSA) is 89.6 Å². The molecule has 42 heavy (non-hydrogen) atoms. The Morgan fingerprint density at radius 2 is 2.05 bits per heavy atom. The number of ether oxygens (including phenoxy) is 1. The summed E-state index contributed by atoms with van der Waals surface area (Å²) >= 11 is 0. The largest absolute Gasteiger partial charge is 0.372 e. The van der Waals surface area contributed by atoms with E-state index >= 15 is 0 Å². The second-order valence-electron chi connectivity index (χ2n) is 10.7. The van der Waals surface area contributed by atoms with E-state index in [1.165, 1.54) is 12.1 Å².